The Morgan fingerprint density at radius 3 is 3.08 bits per heavy atom. The molecule has 0 bridgehead atoms. The Kier molecular flexibility index (Phi) is 4.85. The fourth-order valence-electron chi connectivity index (χ4n) is 2.87. The van der Waals surface area contributed by atoms with Crippen molar-refractivity contribution in [3.8, 4) is 0 Å². The molecule has 2 amide bonds. The minimum atomic E-state index is -0.108. The van der Waals surface area contributed by atoms with E-state index in [1.54, 1.807) is 16.2 Å². The second-order valence-electron chi connectivity index (χ2n) is 5.85. The normalized spacial score (nSPS) is 14.2. The molecule has 0 radical (unpaired) electrons. The summed E-state index contributed by atoms with van der Waals surface area (Å²) in [6.45, 7) is 0.733. The molecule has 6 nitrogen and oxygen atoms in total. The average Bonchev–Trinajstić information content (AvgIpc) is 3.29. The number of thiophene rings is 1. The Morgan fingerprint density at radius 1 is 1.31 bits per heavy atom. The Morgan fingerprint density at radius 2 is 2.23 bits per heavy atom. The van der Waals surface area contributed by atoms with Crippen LogP contribution in [0.5, 0.6) is 0 Å². The molecule has 2 aromatic heterocycles. The maximum Gasteiger partial charge on any atom is 0.234 e. The predicted octanol–water partition coefficient (Wildman–Crippen LogP) is 3.55. The van der Waals surface area contributed by atoms with Crippen LogP contribution in [-0.2, 0) is 9.59 Å². The van der Waals surface area contributed by atoms with E-state index in [4.69, 9.17) is 0 Å². The van der Waals surface area contributed by atoms with Crippen molar-refractivity contribution in [2.24, 2.45) is 0 Å². The standard InChI is InChI=1S/C18H16N4O2S2/c23-15(10-26-18-17-14(6-8-25-17)19-11-20-18)21-12-3-1-4-13(9-12)22-7-2-5-16(22)24/h1,3-4,6,8-9,11H,2,5,7,10H2,(H,21,23). The average molecular weight is 384 g/mol. The van der Waals surface area contributed by atoms with Crippen LogP contribution in [0.2, 0.25) is 0 Å². The number of fused-ring (bicyclic) bond motifs is 1. The Labute approximate surface area is 158 Å². The summed E-state index contributed by atoms with van der Waals surface area (Å²) in [5.41, 5.74) is 2.42. The molecule has 1 aromatic carbocycles. The molecule has 8 heteroatoms. The Hall–Kier alpha value is -2.45. The van der Waals surface area contributed by atoms with Crippen LogP contribution in [0.4, 0.5) is 11.4 Å². The molecule has 4 rings (SSSR count). The zero-order valence-corrected chi connectivity index (χ0v) is 15.5. The van der Waals surface area contributed by atoms with Crippen LogP contribution in [-0.4, -0.2) is 34.1 Å². The molecule has 1 aliphatic rings. The highest BCUT2D eigenvalue weighted by atomic mass is 32.2. The minimum absolute atomic E-state index is 0.108. The first kappa shape index (κ1) is 17.0. The van der Waals surface area contributed by atoms with E-state index in [0.29, 0.717) is 12.1 Å². The van der Waals surface area contributed by atoms with Crippen molar-refractivity contribution < 1.29 is 9.59 Å². The molecule has 1 aliphatic heterocycles. The molecular formula is C18H16N4O2S2. The SMILES string of the molecule is O=C(CSc1ncnc2ccsc12)Nc1cccc(N2CCCC2=O)c1. The van der Waals surface area contributed by atoms with E-state index >= 15 is 0 Å². The third-order valence-corrected chi connectivity index (χ3v) is 6.09. The topological polar surface area (TPSA) is 75.2 Å². The molecule has 132 valence electrons. The summed E-state index contributed by atoms with van der Waals surface area (Å²) in [5, 5.41) is 5.68. The summed E-state index contributed by atoms with van der Waals surface area (Å²) in [6.07, 6.45) is 2.98. The summed E-state index contributed by atoms with van der Waals surface area (Å²) in [6, 6.07) is 9.35. The minimum Gasteiger partial charge on any atom is -0.325 e. The van der Waals surface area contributed by atoms with E-state index < -0.39 is 0 Å². The number of rotatable bonds is 5. The largest absolute Gasteiger partial charge is 0.325 e. The number of nitrogens with one attached hydrogen (secondary N) is 1. The van der Waals surface area contributed by atoms with Crippen molar-refractivity contribution in [3.05, 3.63) is 42.0 Å². The van der Waals surface area contributed by atoms with Gasteiger partial charge in [-0.2, -0.15) is 0 Å². The predicted molar refractivity (Wildman–Crippen MR) is 105 cm³/mol. The Bertz CT molecular complexity index is 972. The smallest absolute Gasteiger partial charge is 0.234 e. The second-order valence-corrected chi connectivity index (χ2v) is 7.73. The third kappa shape index (κ3) is 3.56. The number of amides is 2. The van der Waals surface area contributed by atoms with Gasteiger partial charge in [-0.3, -0.25) is 9.59 Å². The lowest BCUT2D eigenvalue weighted by molar-refractivity contribution is -0.117. The molecule has 0 unspecified atom stereocenters. The van der Waals surface area contributed by atoms with E-state index in [9.17, 15) is 9.59 Å². The molecular weight excluding hydrogens is 368 g/mol. The Balaban J connectivity index is 1.40. The van der Waals surface area contributed by atoms with Crippen LogP contribution < -0.4 is 10.2 Å². The van der Waals surface area contributed by atoms with Crippen LogP contribution in [0, 0.1) is 0 Å². The molecule has 3 heterocycles. The fraction of sp³-hybridized carbons (Fsp3) is 0.222. The van der Waals surface area contributed by atoms with Crippen molar-refractivity contribution in [3.63, 3.8) is 0 Å². The van der Waals surface area contributed by atoms with Crippen molar-refractivity contribution in [2.75, 3.05) is 22.5 Å². The number of hydrogen-bond acceptors (Lipinski definition) is 6. The van der Waals surface area contributed by atoms with Crippen LogP contribution >= 0.6 is 23.1 Å². The van der Waals surface area contributed by atoms with E-state index in [1.807, 2.05) is 35.7 Å². The molecule has 1 saturated heterocycles. The summed E-state index contributed by atoms with van der Waals surface area (Å²) in [7, 11) is 0. The van der Waals surface area contributed by atoms with Gasteiger partial charge in [0.25, 0.3) is 0 Å². The number of nitrogens with zero attached hydrogens (tertiary/aromatic N) is 3. The molecule has 1 N–H and O–H groups in total. The number of anilines is 2. The van der Waals surface area contributed by atoms with Crippen LogP contribution in [0.25, 0.3) is 10.2 Å². The van der Waals surface area contributed by atoms with Crippen molar-refractivity contribution in [1.82, 2.24) is 9.97 Å². The van der Waals surface area contributed by atoms with Crippen molar-refractivity contribution in [1.29, 1.82) is 0 Å². The second kappa shape index (κ2) is 7.43. The maximum atomic E-state index is 12.3. The number of benzene rings is 1. The lowest BCUT2D eigenvalue weighted by atomic mass is 10.2. The molecule has 3 aromatic rings. The number of thioether (sulfide) groups is 1. The van der Waals surface area contributed by atoms with Gasteiger partial charge in [0.15, 0.2) is 0 Å². The van der Waals surface area contributed by atoms with Gasteiger partial charge < -0.3 is 10.2 Å². The van der Waals surface area contributed by atoms with Crippen molar-refractivity contribution >= 4 is 56.5 Å². The van der Waals surface area contributed by atoms with Gasteiger partial charge in [0, 0.05) is 24.3 Å². The van der Waals surface area contributed by atoms with Gasteiger partial charge in [-0.15, -0.1) is 11.3 Å². The van der Waals surface area contributed by atoms with Gasteiger partial charge in [0.05, 0.1) is 16.0 Å². The first-order chi connectivity index (χ1) is 12.7. The van der Waals surface area contributed by atoms with Gasteiger partial charge in [-0.1, -0.05) is 17.8 Å². The summed E-state index contributed by atoms with van der Waals surface area (Å²) in [4.78, 5) is 34.4. The highest BCUT2D eigenvalue weighted by Gasteiger charge is 2.21. The summed E-state index contributed by atoms with van der Waals surface area (Å²) in [5.74, 6) is 0.285. The first-order valence-electron chi connectivity index (χ1n) is 8.22. The molecule has 0 aliphatic carbocycles. The molecule has 0 atom stereocenters. The number of carbonyl (C=O) groups is 2. The van der Waals surface area contributed by atoms with Gasteiger partial charge >= 0.3 is 0 Å². The monoisotopic (exact) mass is 384 g/mol. The number of aromatic nitrogens is 2. The maximum absolute atomic E-state index is 12.3. The highest BCUT2D eigenvalue weighted by molar-refractivity contribution is 8.00. The van der Waals surface area contributed by atoms with Crippen LogP contribution in [0.3, 0.4) is 0 Å². The fourth-order valence-corrected chi connectivity index (χ4v) is 4.62. The van der Waals surface area contributed by atoms with Gasteiger partial charge in [-0.05, 0) is 36.1 Å². The summed E-state index contributed by atoms with van der Waals surface area (Å²) < 4.78 is 1.000. The zero-order chi connectivity index (χ0) is 17.9. The molecule has 0 spiro atoms. The van der Waals surface area contributed by atoms with Crippen LogP contribution in [0.1, 0.15) is 12.8 Å². The molecule has 1 fully saturated rings. The first-order valence-corrected chi connectivity index (χ1v) is 10.1. The number of carbonyl (C=O) groups excluding carboxylic acids is 2. The zero-order valence-electron chi connectivity index (χ0n) is 13.8. The van der Waals surface area contributed by atoms with E-state index in [2.05, 4.69) is 15.3 Å². The molecule has 26 heavy (non-hydrogen) atoms. The van der Waals surface area contributed by atoms with E-state index in [-0.39, 0.29) is 17.6 Å². The van der Waals surface area contributed by atoms with E-state index in [0.717, 1.165) is 33.9 Å². The lowest BCUT2D eigenvalue weighted by Gasteiger charge is -2.16. The van der Waals surface area contributed by atoms with Gasteiger partial charge in [-0.25, -0.2) is 9.97 Å². The van der Waals surface area contributed by atoms with Crippen LogP contribution in [0.15, 0.2) is 47.1 Å². The highest BCUT2D eigenvalue weighted by Crippen LogP contribution is 2.29. The molecule has 0 saturated carbocycles. The summed E-state index contributed by atoms with van der Waals surface area (Å²) >= 11 is 2.97. The van der Waals surface area contributed by atoms with Gasteiger partial charge in [0.2, 0.25) is 11.8 Å². The lowest BCUT2D eigenvalue weighted by Crippen LogP contribution is -2.23. The van der Waals surface area contributed by atoms with Crippen molar-refractivity contribution in [2.45, 2.75) is 17.9 Å². The van der Waals surface area contributed by atoms with Gasteiger partial charge in [0.1, 0.15) is 11.4 Å². The number of hydrogen-bond donors (Lipinski definition) is 1. The third-order valence-electron chi connectivity index (χ3n) is 4.07. The quantitative estimate of drug-likeness (QED) is 0.538. The van der Waals surface area contributed by atoms with E-state index in [1.165, 1.54) is 18.1 Å².